The molecule has 0 unspecified atom stereocenters. The van der Waals surface area contributed by atoms with Crippen LogP contribution in [0.4, 0.5) is 5.82 Å². The Morgan fingerprint density at radius 1 is 1.42 bits per heavy atom. The van der Waals surface area contributed by atoms with Gasteiger partial charge >= 0.3 is 0 Å². The van der Waals surface area contributed by atoms with E-state index < -0.39 is 0 Å². The van der Waals surface area contributed by atoms with Crippen LogP contribution in [-0.4, -0.2) is 38.1 Å². The molecule has 2 rings (SSSR count). The first-order valence-corrected chi connectivity index (χ1v) is 6.29. The zero-order valence-electron chi connectivity index (χ0n) is 11.7. The smallest absolute Gasteiger partial charge is 0.191 e. The van der Waals surface area contributed by atoms with Crippen LogP contribution in [0.15, 0.2) is 23.2 Å². The van der Waals surface area contributed by atoms with Crippen molar-refractivity contribution in [1.82, 2.24) is 15.6 Å². The van der Waals surface area contributed by atoms with Gasteiger partial charge in [0, 0.05) is 27.2 Å². The first-order valence-electron chi connectivity index (χ1n) is 6.29. The number of hydrogen-bond acceptors (Lipinski definition) is 3. The van der Waals surface area contributed by atoms with Gasteiger partial charge in [0.2, 0.25) is 0 Å². The van der Waals surface area contributed by atoms with Crippen LogP contribution >= 0.6 is 24.0 Å². The average Bonchev–Trinajstić information content (AvgIpc) is 3.18. The third-order valence-corrected chi connectivity index (χ3v) is 2.83. The molecule has 0 radical (unpaired) electrons. The highest BCUT2D eigenvalue weighted by Crippen LogP contribution is 2.18. The van der Waals surface area contributed by atoms with Gasteiger partial charge in [-0.15, -0.1) is 24.0 Å². The van der Waals surface area contributed by atoms with Crippen LogP contribution in [0.25, 0.3) is 0 Å². The molecule has 6 heteroatoms. The summed E-state index contributed by atoms with van der Waals surface area (Å²) in [6.45, 7) is 0.689. The van der Waals surface area contributed by atoms with Crippen molar-refractivity contribution in [3.8, 4) is 0 Å². The van der Waals surface area contributed by atoms with Crippen LogP contribution in [0.2, 0.25) is 0 Å². The standard InChI is InChI=1S/C13H21N5.HI/c1-14-13(17-10-7-8-10)15-9-11-5-4-6-12(16-11)18(2)3;/h4-6,10H,7-9H2,1-3H3,(H2,14,15,17);1H. The highest BCUT2D eigenvalue weighted by Gasteiger charge is 2.21. The van der Waals surface area contributed by atoms with Crippen LogP contribution in [0.1, 0.15) is 18.5 Å². The minimum Gasteiger partial charge on any atom is -0.363 e. The maximum Gasteiger partial charge on any atom is 0.191 e. The van der Waals surface area contributed by atoms with Crippen molar-refractivity contribution < 1.29 is 0 Å². The SMILES string of the molecule is CN=C(NCc1cccc(N(C)C)n1)NC1CC1.I. The Labute approximate surface area is 131 Å². The van der Waals surface area contributed by atoms with Crippen molar-refractivity contribution in [1.29, 1.82) is 0 Å². The number of anilines is 1. The molecule has 106 valence electrons. The molecular weight excluding hydrogens is 353 g/mol. The lowest BCUT2D eigenvalue weighted by molar-refractivity contribution is 0.790. The van der Waals surface area contributed by atoms with Crippen LogP contribution in [0, 0.1) is 0 Å². The Morgan fingerprint density at radius 3 is 2.74 bits per heavy atom. The van der Waals surface area contributed by atoms with E-state index in [0.717, 1.165) is 17.5 Å². The highest BCUT2D eigenvalue weighted by atomic mass is 127. The Balaban J connectivity index is 0.00000180. The maximum absolute atomic E-state index is 4.55. The molecular formula is C13H22IN5. The van der Waals surface area contributed by atoms with Gasteiger partial charge in [0.1, 0.15) is 5.82 Å². The van der Waals surface area contributed by atoms with Crippen molar-refractivity contribution in [2.45, 2.75) is 25.4 Å². The van der Waals surface area contributed by atoms with E-state index in [1.807, 2.05) is 37.2 Å². The molecule has 0 amide bonds. The van der Waals surface area contributed by atoms with Crippen LogP contribution < -0.4 is 15.5 Å². The van der Waals surface area contributed by atoms with Crippen molar-refractivity contribution in [2.24, 2.45) is 4.99 Å². The number of guanidine groups is 1. The fraction of sp³-hybridized carbons (Fsp3) is 0.538. The number of aliphatic imine (C=N–C) groups is 1. The Hall–Kier alpha value is -1.05. The van der Waals surface area contributed by atoms with Gasteiger partial charge in [-0.05, 0) is 25.0 Å². The minimum absolute atomic E-state index is 0. The summed E-state index contributed by atoms with van der Waals surface area (Å²) < 4.78 is 0. The summed E-state index contributed by atoms with van der Waals surface area (Å²) in [5, 5.41) is 6.63. The third-order valence-electron chi connectivity index (χ3n) is 2.83. The predicted octanol–water partition coefficient (Wildman–Crippen LogP) is 1.59. The molecule has 0 aliphatic heterocycles. The van der Waals surface area contributed by atoms with E-state index in [0.29, 0.717) is 12.6 Å². The Bertz CT molecular complexity index is 429. The molecule has 0 atom stereocenters. The minimum atomic E-state index is 0. The number of pyridine rings is 1. The quantitative estimate of drug-likeness (QED) is 0.477. The number of halogens is 1. The summed E-state index contributed by atoms with van der Waals surface area (Å²) in [5.41, 5.74) is 1.01. The number of nitrogens with zero attached hydrogens (tertiary/aromatic N) is 3. The second-order valence-corrected chi connectivity index (χ2v) is 4.73. The van der Waals surface area contributed by atoms with Crippen molar-refractivity contribution in [2.75, 3.05) is 26.0 Å². The zero-order valence-corrected chi connectivity index (χ0v) is 14.0. The zero-order chi connectivity index (χ0) is 13.0. The van der Waals surface area contributed by atoms with Crippen molar-refractivity contribution in [3.05, 3.63) is 23.9 Å². The van der Waals surface area contributed by atoms with E-state index in [-0.39, 0.29) is 24.0 Å². The van der Waals surface area contributed by atoms with Crippen LogP contribution in [0.5, 0.6) is 0 Å². The predicted molar refractivity (Wildman–Crippen MR) is 90.3 cm³/mol. The number of aromatic nitrogens is 1. The molecule has 0 saturated heterocycles. The topological polar surface area (TPSA) is 52.6 Å². The van der Waals surface area contributed by atoms with Gasteiger partial charge in [0.05, 0.1) is 12.2 Å². The molecule has 1 saturated carbocycles. The number of rotatable bonds is 4. The first kappa shape index (κ1) is 16.0. The van der Waals surface area contributed by atoms with Crippen molar-refractivity contribution in [3.63, 3.8) is 0 Å². The normalized spacial score (nSPS) is 14.6. The van der Waals surface area contributed by atoms with Gasteiger partial charge in [0.15, 0.2) is 5.96 Å². The molecule has 19 heavy (non-hydrogen) atoms. The molecule has 1 aliphatic rings. The molecule has 1 aromatic heterocycles. The summed E-state index contributed by atoms with van der Waals surface area (Å²) in [4.78, 5) is 10.8. The van der Waals surface area contributed by atoms with E-state index in [1.165, 1.54) is 12.8 Å². The fourth-order valence-corrected chi connectivity index (χ4v) is 1.60. The van der Waals surface area contributed by atoms with E-state index in [4.69, 9.17) is 0 Å². The van der Waals surface area contributed by atoms with E-state index in [9.17, 15) is 0 Å². The highest BCUT2D eigenvalue weighted by molar-refractivity contribution is 14.0. The molecule has 1 aromatic rings. The first-order chi connectivity index (χ1) is 8.69. The summed E-state index contributed by atoms with van der Waals surface area (Å²) in [7, 11) is 5.78. The largest absolute Gasteiger partial charge is 0.363 e. The monoisotopic (exact) mass is 375 g/mol. The Morgan fingerprint density at radius 2 is 2.16 bits per heavy atom. The number of nitrogens with one attached hydrogen (secondary N) is 2. The lowest BCUT2D eigenvalue weighted by atomic mass is 10.3. The molecule has 1 aliphatic carbocycles. The molecule has 1 heterocycles. The lowest BCUT2D eigenvalue weighted by Crippen LogP contribution is -2.38. The third kappa shape index (κ3) is 5.22. The lowest BCUT2D eigenvalue weighted by Gasteiger charge is -2.14. The van der Waals surface area contributed by atoms with Crippen LogP contribution in [-0.2, 0) is 6.54 Å². The molecule has 0 spiro atoms. The number of hydrogen-bond donors (Lipinski definition) is 2. The summed E-state index contributed by atoms with van der Waals surface area (Å²) in [6, 6.07) is 6.65. The molecule has 0 aromatic carbocycles. The van der Waals surface area contributed by atoms with E-state index >= 15 is 0 Å². The Kier molecular flexibility index (Phi) is 6.33. The molecule has 2 N–H and O–H groups in total. The van der Waals surface area contributed by atoms with Gasteiger partial charge in [-0.3, -0.25) is 4.99 Å². The second kappa shape index (κ2) is 7.52. The molecule has 5 nitrogen and oxygen atoms in total. The summed E-state index contributed by atoms with van der Waals surface area (Å²) in [5.74, 6) is 1.83. The van der Waals surface area contributed by atoms with Gasteiger partial charge in [0.25, 0.3) is 0 Å². The van der Waals surface area contributed by atoms with Crippen molar-refractivity contribution >= 4 is 35.8 Å². The van der Waals surface area contributed by atoms with E-state index in [1.54, 1.807) is 7.05 Å². The second-order valence-electron chi connectivity index (χ2n) is 4.73. The maximum atomic E-state index is 4.55. The summed E-state index contributed by atoms with van der Waals surface area (Å²) >= 11 is 0. The van der Waals surface area contributed by atoms with Gasteiger partial charge in [-0.1, -0.05) is 6.07 Å². The van der Waals surface area contributed by atoms with Crippen LogP contribution in [0.3, 0.4) is 0 Å². The van der Waals surface area contributed by atoms with Gasteiger partial charge in [-0.25, -0.2) is 4.98 Å². The molecule has 0 bridgehead atoms. The average molecular weight is 375 g/mol. The fourth-order valence-electron chi connectivity index (χ4n) is 1.60. The van der Waals surface area contributed by atoms with Gasteiger partial charge in [-0.2, -0.15) is 0 Å². The van der Waals surface area contributed by atoms with Gasteiger partial charge < -0.3 is 15.5 Å². The molecule has 1 fully saturated rings. The summed E-state index contributed by atoms with van der Waals surface area (Å²) in [6.07, 6.45) is 2.49. The van der Waals surface area contributed by atoms with E-state index in [2.05, 4.69) is 20.6 Å².